The summed E-state index contributed by atoms with van der Waals surface area (Å²) in [4.78, 5) is 12.3. The van der Waals surface area contributed by atoms with Crippen LogP contribution >= 0.6 is 23.2 Å². The zero-order valence-electron chi connectivity index (χ0n) is 11.1. The second-order valence-corrected chi connectivity index (χ2v) is 5.53. The van der Waals surface area contributed by atoms with Gasteiger partial charge in [0.15, 0.2) is 5.76 Å². The number of furan rings is 1. The highest BCUT2D eigenvalue weighted by molar-refractivity contribution is 6.31. The van der Waals surface area contributed by atoms with Gasteiger partial charge in [-0.15, -0.1) is 0 Å². The standard InChI is InChI=1S/C16H11Cl2NO2/c1-9-13-8-11(18)5-6-14(13)21-15(9)16(20)19-12-4-2-3-10(17)7-12/h2-8H,1H3,(H,19,20). The first-order chi connectivity index (χ1) is 10.0. The monoisotopic (exact) mass is 319 g/mol. The fraction of sp³-hybridized carbons (Fsp3) is 0.0625. The summed E-state index contributed by atoms with van der Waals surface area (Å²) in [5, 5.41) is 4.76. The molecule has 1 N–H and O–H groups in total. The molecule has 0 radical (unpaired) electrons. The third kappa shape index (κ3) is 2.75. The number of nitrogens with one attached hydrogen (secondary N) is 1. The molecule has 0 atom stereocenters. The number of rotatable bonds is 2. The maximum Gasteiger partial charge on any atom is 0.291 e. The fourth-order valence-corrected chi connectivity index (χ4v) is 2.53. The molecular weight excluding hydrogens is 309 g/mol. The highest BCUT2D eigenvalue weighted by atomic mass is 35.5. The van der Waals surface area contributed by atoms with Crippen molar-refractivity contribution in [2.75, 3.05) is 5.32 Å². The van der Waals surface area contributed by atoms with Crippen LogP contribution in [0, 0.1) is 6.92 Å². The Morgan fingerprint density at radius 1 is 1.10 bits per heavy atom. The van der Waals surface area contributed by atoms with Crippen molar-refractivity contribution < 1.29 is 9.21 Å². The molecule has 0 spiro atoms. The molecule has 1 amide bonds. The van der Waals surface area contributed by atoms with Gasteiger partial charge in [0.2, 0.25) is 0 Å². The van der Waals surface area contributed by atoms with Gasteiger partial charge in [0, 0.05) is 26.7 Å². The normalized spacial score (nSPS) is 10.8. The fourth-order valence-electron chi connectivity index (χ4n) is 2.16. The van der Waals surface area contributed by atoms with Gasteiger partial charge in [-0.3, -0.25) is 4.79 Å². The maximum absolute atomic E-state index is 12.3. The van der Waals surface area contributed by atoms with Crippen LogP contribution in [0.4, 0.5) is 5.69 Å². The van der Waals surface area contributed by atoms with E-state index in [0.717, 1.165) is 10.9 Å². The lowest BCUT2D eigenvalue weighted by atomic mass is 10.1. The molecular formula is C16H11Cl2NO2. The Balaban J connectivity index is 1.96. The van der Waals surface area contributed by atoms with E-state index < -0.39 is 0 Å². The number of amides is 1. The minimum atomic E-state index is -0.318. The minimum Gasteiger partial charge on any atom is -0.451 e. The second-order valence-electron chi connectivity index (χ2n) is 4.66. The third-order valence-electron chi connectivity index (χ3n) is 3.19. The molecule has 3 nitrogen and oxygen atoms in total. The van der Waals surface area contributed by atoms with Crippen molar-refractivity contribution in [3.05, 3.63) is 63.8 Å². The topological polar surface area (TPSA) is 42.2 Å². The summed E-state index contributed by atoms with van der Waals surface area (Å²) in [6.07, 6.45) is 0. The van der Waals surface area contributed by atoms with Crippen LogP contribution in [-0.4, -0.2) is 5.91 Å². The summed E-state index contributed by atoms with van der Waals surface area (Å²) in [6.45, 7) is 1.83. The van der Waals surface area contributed by atoms with Gasteiger partial charge in [-0.25, -0.2) is 0 Å². The zero-order chi connectivity index (χ0) is 15.0. The molecule has 0 aliphatic rings. The number of hydrogen-bond donors (Lipinski definition) is 1. The zero-order valence-corrected chi connectivity index (χ0v) is 12.6. The molecule has 0 aliphatic heterocycles. The Hall–Kier alpha value is -1.97. The molecule has 106 valence electrons. The summed E-state index contributed by atoms with van der Waals surface area (Å²) >= 11 is 11.9. The molecule has 5 heteroatoms. The van der Waals surface area contributed by atoms with Crippen LogP contribution < -0.4 is 5.32 Å². The van der Waals surface area contributed by atoms with Gasteiger partial charge in [0.05, 0.1) is 0 Å². The van der Waals surface area contributed by atoms with E-state index in [1.165, 1.54) is 0 Å². The number of hydrogen-bond acceptors (Lipinski definition) is 2. The lowest BCUT2D eigenvalue weighted by Gasteiger charge is -2.03. The largest absolute Gasteiger partial charge is 0.451 e. The van der Waals surface area contributed by atoms with E-state index in [0.29, 0.717) is 21.3 Å². The van der Waals surface area contributed by atoms with Crippen molar-refractivity contribution in [1.82, 2.24) is 0 Å². The third-order valence-corrected chi connectivity index (χ3v) is 3.66. The molecule has 0 unspecified atom stereocenters. The van der Waals surface area contributed by atoms with Gasteiger partial charge in [0.25, 0.3) is 5.91 Å². The first-order valence-electron chi connectivity index (χ1n) is 6.30. The average Bonchev–Trinajstić information content (AvgIpc) is 2.76. The van der Waals surface area contributed by atoms with Crippen LogP contribution in [0.15, 0.2) is 46.9 Å². The van der Waals surface area contributed by atoms with Crippen molar-refractivity contribution in [3.63, 3.8) is 0 Å². The van der Waals surface area contributed by atoms with Crippen LogP contribution in [0.3, 0.4) is 0 Å². The Morgan fingerprint density at radius 2 is 1.86 bits per heavy atom. The van der Waals surface area contributed by atoms with Crippen molar-refractivity contribution in [1.29, 1.82) is 0 Å². The second kappa shape index (κ2) is 5.43. The molecule has 0 saturated carbocycles. The lowest BCUT2D eigenvalue weighted by Crippen LogP contribution is -2.11. The van der Waals surface area contributed by atoms with Gasteiger partial charge in [0.1, 0.15) is 5.58 Å². The Labute approximate surface area is 131 Å². The Bertz CT molecular complexity index is 839. The first-order valence-corrected chi connectivity index (χ1v) is 7.06. The average molecular weight is 320 g/mol. The number of benzene rings is 2. The number of anilines is 1. The summed E-state index contributed by atoms with van der Waals surface area (Å²) in [6, 6.07) is 12.2. The van der Waals surface area contributed by atoms with Gasteiger partial charge in [-0.1, -0.05) is 29.3 Å². The molecule has 2 aromatic carbocycles. The highest BCUT2D eigenvalue weighted by Gasteiger charge is 2.18. The molecule has 1 heterocycles. The van der Waals surface area contributed by atoms with Crippen LogP contribution in [-0.2, 0) is 0 Å². The van der Waals surface area contributed by atoms with Crippen molar-refractivity contribution in [3.8, 4) is 0 Å². The van der Waals surface area contributed by atoms with Gasteiger partial charge < -0.3 is 9.73 Å². The summed E-state index contributed by atoms with van der Waals surface area (Å²) in [5.74, 6) is -0.0469. The van der Waals surface area contributed by atoms with Crippen molar-refractivity contribution >= 4 is 45.8 Å². The molecule has 1 aromatic heterocycles. The number of halogens is 2. The van der Waals surface area contributed by atoms with E-state index in [2.05, 4.69) is 5.32 Å². The number of carbonyl (C=O) groups is 1. The molecule has 0 saturated heterocycles. The molecule has 0 bridgehead atoms. The van der Waals surface area contributed by atoms with E-state index in [4.69, 9.17) is 27.6 Å². The summed E-state index contributed by atoms with van der Waals surface area (Å²) < 4.78 is 5.61. The van der Waals surface area contributed by atoms with Crippen LogP contribution in [0.1, 0.15) is 16.1 Å². The number of aryl methyl sites for hydroxylation is 1. The molecule has 3 rings (SSSR count). The van der Waals surface area contributed by atoms with Crippen molar-refractivity contribution in [2.24, 2.45) is 0 Å². The first kappa shape index (κ1) is 14.0. The van der Waals surface area contributed by atoms with E-state index in [-0.39, 0.29) is 11.7 Å². The van der Waals surface area contributed by atoms with E-state index >= 15 is 0 Å². The quantitative estimate of drug-likeness (QED) is 0.696. The van der Waals surface area contributed by atoms with Crippen LogP contribution in [0.2, 0.25) is 10.0 Å². The van der Waals surface area contributed by atoms with E-state index in [9.17, 15) is 4.79 Å². The maximum atomic E-state index is 12.3. The molecule has 21 heavy (non-hydrogen) atoms. The van der Waals surface area contributed by atoms with Crippen LogP contribution in [0.5, 0.6) is 0 Å². The van der Waals surface area contributed by atoms with Gasteiger partial charge >= 0.3 is 0 Å². The molecule has 0 fully saturated rings. The summed E-state index contributed by atoms with van der Waals surface area (Å²) in [5.41, 5.74) is 2.01. The number of fused-ring (bicyclic) bond motifs is 1. The van der Waals surface area contributed by atoms with Gasteiger partial charge in [-0.05, 0) is 43.3 Å². The predicted molar refractivity (Wildman–Crippen MR) is 85.4 cm³/mol. The number of carbonyl (C=O) groups excluding carboxylic acids is 1. The van der Waals surface area contributed by atoms with Gasteiger partial charge in [-0.2, -0.15) is 0 Å². The highest BCUT2D eigenvalue weighted by Crippen LogP contribution is 2.28. The molecule has 3 aromatic rings. The van der Waals surface area contributed by atoms with Crippen molar-refractivity contribution in [2.45, 2.75) is 6.92 Å². The summed E-state index contributed by atoms with van der Waals surface area (Å²) in [7, 11) is 0. The predicted octanol–water partition coefficient (Wildman–Crippen LogP) is 5.30. The minimum absolute atomic E-state index is 0.271. The Kier molecular flexibility index (Phi) is 3.62. The van der Waals surface area contributed by atoms with E-state index in [1.807, 2.05) is 6.92 Å². The smallest absolute Gasteiger partial charge is 0.291 e. The van der Waals surface area contributed by atoms with E-state index in [1.54, 1.807) is 42.5 Å². The SMILES string of the molecule is Cc1c(C(=O)Nc2cccc(Cl)c2)oc2ccc(Cl)cc12. The van der Waals surface area contributed by atoms with Crippen LogP contribution in [0.25, 0.3) is 11.0 Å². The lowest BCUT2D eigenvalue weighted by molar-refractivity contribution is 0.0998. The Morgan fingerprint density at radius 3 is 2.62 bits per heavy atom. The molecule has 0 aliphatic carbocycles.